The number of methoxy groups -OCH3 is 1. The summed E-state index contributed by atoms with van der Waals surface area (Å²) < 4.78 is 4.66. The molecule has 0 aromatic heterocycles. The third-order valence-corrected chi connectivity index (χ3v) is 2.97. The van der Waals surface area contributed by atoms with E-state index in [0.717, 1.165) is 0 Å². The average Bonchev–Trinajstić information content (AvgIpc) is 2.36. The predicted molar refractivity (Wildman–Crippen MR) is 68.9 cm³/mol. The second-order valence-electron chi connectivity index (χ2n) is 4.81. The van der Waals surface area contributed by atoms with Crippen LogP contribution in [0.5, 0.6) is 0 Å². The van der Waals surface area contributed by atoms with E-state index in [9.17, 15) is 14.7 Å². The maximum atomic E-state index is 12.1. The van der Waals surface area contributed by atoms with Crippen molar-refractivity contribution in [3.8, 4) is 0 Å². The summed E-state index contributed by atoms with van der Waals surface area (Å²) in [5.74, 6) is -0.940. The van der Waals surface area contributed by atoms with Gasteiger partial charge in [0, 0.05) is 12.5 Å². The fourth-order valence-electron chi connectivity index (χ4n) is 1.77. The molecule has 0 radical (unpaired) electrons. The van der Waals surface area contributed by atoms with Crippen molar-refractivity contribution in [2.24, 2.45) is 11.8 Å². The van der Waals surface area contributed by atoms with Crippen LogP contribution in [0.2, 0.25) is 0 Å². The normalized spacial score (nSPS) is 14.2. The summed E-state index contributed by atoms with van der Waals surface area (Å²) in [4.78, 5) is 25.1. The van der Waals surface area contributed by atoms with Gasteiger partial charge in [0.15, 0.2) is 0 Å². The van der Waals surface area contributed by atoms with Gasteiger partial charge in [0.2, 0.25) is 5.91 Å². The van der Waals surface area contributed by atoms with Crippen molar-refractivity contribution in [3.05, 3.63) is 0 Å². The van der Waals surface area contributed by atoms with Crippen LogP contribution in [0, 0.1) is 11.8 Å². The Morgan fingerprint density at radius 2 is 1.83 bits per heavy atom. The van der Waals surface area contributed by atoms with Crippen LogP contribution in [-0.2, 0) is 14.3 Å². The van der Waals surface area contributed by atoms with Crippen molar-refractivity contribution in [1.82, 2.24) is 4.90 Å². The van der Waals surface area contributed by atoms with E-state index in [-0.39, 0.29) is 37.0 Å². The lowest BCUT2D eigenvalue weighted by Crippen LogP contribution is -2.47. The summed E-state index contributed by atoms with van der Waals surface area (Å²) in [5.41, 5.74) is 0. The zero-order valence-electron chi connectivity index (χ0n) is 12.0. The van der Waals surface area contributed by atoms with Crippen LogP contribution in [-0.4, -0.2) is 48.2 Å². The molecule has 0 saturated carbocycles. The lowest BCUT2D eigenvalue weighted by molar-refractivity contribution is -0.148. The van der Waals surface area contributed by atoms with Gasteiger partial charge in [0.1, 0.15) is 0 Å². The molecule has 0 heterocycles. The molecular weight excluding hydrogens is 234 g/mol. The van der Waals surface area contributed by atoms with Crippen LogP contribution in [0.1, 0.15) is 34.1 Å². The third-order valence-electron chi connectivity index (χ3n) is 2.97. The highest BCUT2D eigenvalue weighted by atomic mass is 16.5. The van der Waals surface area contributed by atoms with Gasteiger partial charge in [-0.1, -0.05) is 27.7 Å². The van der Waals surface area contributed by atoms with Crippen LogP contribution in [0.3, 0.4) is 0 Å². The Morgan fingerprint density at radius 3 is 2.17 bits per heavy atom. The largest absolute Gasteiger partial charge is 0.469 e. The fraction of sp³-hybridized carbons (Fsp3) is 0.846. The Balaban J connectivity index is 4.87. The molecule has 0 aliphatic rings. The van der Waals surface area contributed by atoms with Crippen molar-refractivity contribution < 1.29 is 19.4 Å². The number of aliphatic hydroxyl groups excluding tert-OH is 1. The Hall–Kier alpha value is -1.10. The minimum absolute atomic E-state index is 0.0494. The molecule has 2 unspecified atom stereocenters. The molecule has 0 spiro atoms. The number of esters is 1. The van der Waals surface area contributed by atoms with Gasteiger partial charge in [-0.2, -0.15) is 0 Å². The second kappa shape index (κ2) is 8.08. The smallest absolute Gasteiger partial charge is 0.310 e. The molecular formula is C13H25NO4. The summed E-state index contributed by atoms with van der Waals surface area (Å²) >= 11 is 0. The molecule has 2 atom stereocenters. The summed E-state index contributed by atoms with van der Waals surface area (Å²) in [6, 6.07) is -0.244. The van der Waals surface area contributed by atoms with Gasteiger partial charge < -0.3 is 14.7 Å². The molecule has 0 aromatic carbocycles. The number of hydrogen-bond acceptors (Lipinski definition) is 4. The summed E-state index contributed by atoms with van der Waals surface area (Å²) in [6.07, 6.45) is 0.656. The van der Waals surface area contributed by atoms with Gasteiger partial charge in [-0.3, -0.25) is 9.59 Å². The van der Waals surface area contributed by atoms with E-state index in [0.29, 0.717) is 6.42 Å². The quantitative estimate of drug-likeness (QED) is 0.694. The van der Waals surface area contributed by atoms with E-state index in [1.807, 2.05) is 20.8 Å². The van der Waals surface area contributed by atoms with Crippen LogP contribution < -0.4 is 0 Å². The Bertz CT molecular complexity index is 274. The molecule has 0 saturated heterocycles. The van der Waals surface area contributed by atoms with Gasteiger partial charge in [-0.15, -0.1) is 0 Å². The third kappa shape index (κ3) is 4.64. The van der Waals surface area contributed by atoms with Crippen molar-refractivity contribution in [2.75, 3.05) is 20.3 Å². The molecule has 0 aromatic rings. The molecule has 5 nitrogen and oxygen atoms in total. The highest BCUT2D eigenvalue weighted by Gasteiger charge is 2.27. The lowest BCUT2D eigenvalue weighted by atomic mass is 10.1. The van der Waals surface area contributed by atoms with Crippen LogP contribution in [0.25, 0.3) is 0 Å². The minimum atomic E-state index is -0.390. The topological polar surface area (TPSA) is 66.8 Å². The van der Waals surface area contributed by atoms with Gasteiger partial charge in [-0.25, -0.2) is 0 Å². The van der Waals surface area contributed by atoms with Crippen LogP contribution in [0.4, 0.5) is 0 Å². The van der Waals surface area contributed by atoms with E-state index in [1.165, 1.54) is 7.11 Å². The molecule has 0 aliphatic carbocycles. The molecule has 0 fully saturated rings. The first-order valence-electron chi connectivity index (χ1n) is 6.38. The number of nitrogens with zero attached hydrogens (tertiary/aromatic N) is 1. The number of hydrogen-bond donors (Lipinski definition) is 1. The lowest BCUT2D eigenvalue weighted by Gasteiger charge is -2.33. The number of carbonyl (C=O) groups is 2. The summed E-state index contributed by atoms with van der Waals surface area (Å²) in [6.45, 7) is 7.43. The molecule has 0 aliphatic heterocycles. The maximum absolute atomic E-state index is 12.1. The fourth-order valence-corrected chi connectivity index (χ4v) is 1.77. The van der Waals surface area contributed by atoms with Crippen molar-refractivity contribution in [1.29, 1.82) is 0 Å². The Kier molecular flexibility index (Phi) is 7.59. The Morgan fingerprint density at radius 1 is 1.28 bits per heavy atom. The number of amides is 1. The Labute approximate surface area is 109 Å². The molecule has 106 valence electrons. The zero-order chi connectivity index (χ0) is 14.3. The number of aliphatic hydroxyl groups is 1. The summed E-state index contributed by atoms with van der Waals surface area (Å²) in [5, 5.41) is 9.33. The second-order valence-corrected chi connectivity index (χ2v) is 4.81. The standard InChI is InChI=1S/C13H25NO4/c1-6-11(8-15)14(12(16)9(2)3)7-10(4)13(17)18-5/h9-11,15H,6-8H2,1-5H3. The monoisotopic (exact) mass is 259 g/mol. The predicted octanol–water partition coefficient (Wildman–Crippen LogP) is 1.05. The van der Waals surface area contributed by atoms with Gasteiger partial charge in [0.25, 0.3) is 0 Å². The number of carbonyl (C=O) groups excluding carboxylic acids is 2. The molecule has 1 N–H and O–H groups in total. The van der Waals surface area contributed by atoms with E-state index >= 15 is 0 Å². The van der Waals surface area contributed by atoms with Gasteiger partial charge in [0.05, 0.1) is 25.7 Å². The van der Waals surface area contributed by atoms with Crippen molar-refractivity contribution in [3.63, 3.8) is 0 Å². The molecule has 18 heavy (non-hydrogen) atoms. The first kappa shape index (κ1) is 16.9. The zero-order valence-corrected chi connectivity index (χ0v) is 12.0. The van der Waals surface area contributed by atoms with Gasteiger partial charge >= 0.3 is 5.97 Å². The summed E-state index contributed by atoms with van der Waals surface area (Å²) in [7, 11) is 1.33. The SMILES string of the molecule is CCC(CO)N(CC(C)C(=O)OC)C(=O)C(C)C. The highest BCUT2D eigenvalue weighted by molar-refractivity contribution is 5.79. The highest BCUT2D eigenvalue weighted by Crippen LogP contribution is 2.13. The number of rotatable bonds is 7. The van der Waals surface area contributed by atoms with E-state index in [1.54, 1.807) is 11.8 Å². The average molecular weight is 259 g/mol. The van der Waals surface area contributed by atoms with Crippen LogP contribution >= 0.6 is 0 Å². The maximum Gasteiger partial charge on any atom is 0.310 e. The molecule has 5 heteroatoms. The van der Waals surface area contributed by atoms with E-state index in [4.69, 9.17) is 0 Å². The van der Waals surface area contributed by atoms with Crippen molar-refractivity contribution >= 4 is 11.9 Å². The first-order chi connectivity index (χ1) is 8.38. The van der Waals surface area contributed by atoms with E-state index in [2.05, 4.69) is 4.74 Å². The van der Waals surface area contributed by atoms with Gasteiger partial charge in [-0.05, 0) is 6.42 Å². The first-order valence-corrected chi connectivity index (χ1v) is 6.38. The molecule has 1 amide bonds. The number of ether oxygens (including phenoxy) is 1. The molecule has 0 rings (SSSR count). The van der Waals surface area contributed by atoms with E-state index < -0.39 is 5.92 Å². The van der Waals surface area contributed by atoms with Crippen LogP contribution in [0.15, 0.2) is 0 Å². The minimum Gasteiger partial charge on any atom is -0.469 e. The van der Waals surface area contributed by atoms with Crippen molar-refractivity contribution in [2.45, 2.75) is 40.2 Å². The molecule has 0 bridgehead atoms.